The third-order valence-electron chi connectivity index (χ3n) is 7.37. The highest BCUT2D eigenvalue weighted by atomic mass is 35.5. The fourth-order valence-electron chi connectivity index (χ4n) is 5.21. The lowest BCUT2D eigenvalue weighted by Gasteiger charge is -2.37. The van der Waals surface area contributed by atoms with Crippen LogP contribution in [-0.4, -0.2) is 52.4 Å². The number of carbonyl (C=O) groups excluding carboxylic acids is 2. The summed E-state index contributed by atoms with van der Waals surface area (Å²) in [5, 5.41) is 10.7. The highest BCUT2D eigenvalue weighted by Crippen LogP contribution is 2.35. The summed E-state index contributed by atoms with van der Waals surface area (Å²) >= 11 is 12.2. The Balaban J connectivity index is 1.46. The molecule has 12 heteroatoms. The van der Waals surface area contributed by atoms with Gasteiger partial charge in [0.1, 0.15) is 5.69 Å². The van der Waals surface area contributed by atoms with E-state index in [4.69, 9.17) is 33.4 Å². The Hall–Kier alpha value is -2.92. The summed E-state index contributed by atoms with van der Waals surface area (Å²) in [6, 6.07) is 10.5. The Morgan fingerprint density at radius 3 is 2.39 bits per heavy atom. The Labute approximate surface area is 231 Å². The van der Waals surface area contributed by atoms with Crippen LogP contribution < -0.4 is 5.14 Å². The SMILES string of the molecule is C[C@@H]1Cc2nn3c(c2CN1C(=O)c1ccc(Cl)c(Cl)c1)C(=O)N([C@@H](C)c1ccc(S(N)(=O)=O)cc1)C[C@H]3C. The summed E-state index contributed by atoms with van der Waals surface area (Å²) in [4.78, 5) is 30.8. The molecule has 0 aliphatic carbocycles. The Morgan fingerprint density at radius 2 is 1.76 bits per heavy atom. The molecule has 38 heavy (non-hydrogen) atoms. The van der Waals surface area contributed by atoms with Crippen molar-refractivity contribution in [1.82, 2.24) is 19.6 Å². The van der Waals surface area contributed by atoms with Crippen molar-refractivity contribution in [3.8, 4) is 0 Å². The molecule has 3 atom stereocenters. The third kappa shape index (κ3) is 4.59. The molecule has 2 aliphatic rings. The molecule has 0 fully saturated rings. The first kappa shape index (κ1) is 26.7. The van der Waals surface area contributed by atoms with E-state index in [1.165, 1.54) is 12.1 Å². The van der Waals surface area contributed by atoms with Gasteiger partial charge in [0.15, 0.2) is 0 Å². The number of halogens is 2. The van der Waals surface area contributed by atoms with Crippen molar-refractivity contribution in [3.05, 3.63) is 80.6 Å². The molecule has 0 saturated heterocycles. The molecule has 2 amide bonds. The van der Waals surface area contributed by atoms with Crippen molar-refractivity contribution in [3.63, 3.8) is 0 Å². The van der Waals surface area contributed by atoms with Crippen molar-refractivity contribution in [1.29, 1.82) is 0 Å². The second-order valence-corrected chi connectivity index (χ2v) is 12.3. The summed E-state index contributed by atoms with van der Waals surface area (Å²) in [7, 11) is -3.81. The lowest BCUT2D eigenvalue weighted by atomic mass is 9.96. The number of rotatable bonds is 4. The number of benzene rings is 2. The minimum atomic E-state index is -3.81. The maximum absolute atomic E-state index is 13.9. The molecule has 0 radical (unpaired) electrons. The van der Waals surface area contributed by atoms with Crippen LogP contribution in [0.25, 0.3) is 0 Å². The topological polar surface area (TPSA) is 119 Å². The summed E-state index contributed by atoms with van der Waals surface area (Å²) in [6.07, 6.45) is 0.521. The fourth-order valence-corrected chi connectivity index (χ4v) is 6.02. The van der Waals surface area contributed by atoms with Gasteiger partial charge in [0.25, 0.3) is 11.8 Å². The number of fused-ring (bicyclic) bond motifs is 3. The van der Waals surface area contributed by atoms with Gasteiger partial charge in [0.05, 0.1) is 39.3 Å². The first-order chi connectivity index (χ1) is 17.9. The fraction of sp³-hybridized carbons (Fsp3) is 0.346. The monoisotopic (exact) mass is 575 g/mol. The van der Waals surface area contributed by atoms with Gasteiger partial charge < -0.3 is 9.80 Å². The predicted molar refractivity (Wildman–Crippen MR) is 144 cm³/mol. The third-order valence-corrected chi connectivity index (χ3v) is 9.04. The van der Waals surface area contributed by atoms with E-state index in [0.717, 1.165) is 16.8 Å². The minimum Gasteiger partial charge on any atom is -0.331 e. The van der Waals surface area contributed by atoms with Gasteiger partial charge in [-0.3, -0.25) is 14.3 Å². The standard InChI is InChI=1S/C26H27Cl2N5O4S/c1-14-10-23-20(13-31(14)25(34)18-6-9-21(27)22(28)11-18)24-26(35)32(12-15(2)33(24)30-23)16(3)17-4-7-19(8-5-17)38(29,36)37/h4-9,11,14-16H,10,12-13H2,1-3H3,(H2,29,36,37)/t14-,15-,16+/m1/s1. The molecule has 0 bridgehead atoms. The van der Waals surface area contributed by atoms with Crippen LogP contribution in [-0.2, 0) is 23.0 Å². The van der Waals surface area contributed by atoms with E-state index in [9.17, 15) is 18.0 Å². The largest absolute Gasteiger partial charge is 0.331 e. The summed E-state index contributed by atoms with van der Waals surface area (Å²) < 4.78 is 25.1. The zero-order valence-corrected chi connectivity index (χ0v) is 23.4. The van der Waals surface area contributed by atoms with E-state index in [-0.39, 0.29) is 41.4 Å². The Kier molecular flexibility index (Phi) is 6.79. The second-order valence-electron chi connectivity index (χ2n) is 9.93. The predicted octanol–water partition coefficient (Wildman–Crippen LogP) is 4.20. The number of primary sulfonamides is 1. The molecule has 3 aromatic rings. The Morgan fingerprint density at radius 1 is 1.08 bits per heavy atom. The van der Waals surface area contributed by atoms with Crippen molar-refractivity contribution >= 4 is 45.0 Å². The number of hydrogen-bond donors (Lipinski definition) is 1. The normalized spacial score (nSPS) is 20.2. The van der Waals surface area contributed by atoms with E-state index in [0.29, 0.717) is 34.3 Å². The van der Waals surface area contributed by atoms with Crippen molar-refractivity contribution < 1.29 is 18.0 Å². The molecule has 1 aromatic heterocycles. The summed E-state index contributed by atoms with van der Waals surface area (Å²) in [6.45, 7) is 6.54. The molecule has 3 heterocycles. The van der Waals surface area contributed by atoms with Crippen LogP contribution in [0, 0.1) is 0 Å². The minimum absolute atomic E-state index is 0.0137. The van der Waals surface area contributed by atoms with Gasteiger partial charge in [-0.15, -0.1) is 0 Å². The quantitative estimate of drug-likeness (QED) is 0.500. The number of hydrogen-bond acceptors (Lipinski definition) is 5. The molecule has 5 rings (SSSR count). The van der Waals surface area contributed by atoms with E-state index in [2.05, 4.69) is 0 Å². The van der Waals surface area contributed by atoms with E-state index < -0.39 is 10.0 Å². The first-order valence-electron chi connectivity index (χ1n) is 12.2. The maximum atomic E-state index is 13.9. The van der Waals surface area contributed by atoms with Gasteiger partial charge in [-0.2, -0.15) is 5.10 Å². The number of nitrogens with two attached hydrogens (primary N) is 1. The molecule has 2 aliphatic heterocycles. The van der Waals surface area contributed by atoms with Crippen molar-refractivity contribution in [2.24, 2.45) is 5.14 Å². The van der Waals surface area contributed by atoms with E-state index in [1.807, 2.05) is 20.8 Å². The number of nitrogens with zero attached hydrogens (tertiary/aromatic N) is 4. The average Bonchev–Trinajstić information content (AvgIpc) is 3.25. The summed E-state index contributed by atoms with van der Waals surface area (Å²) in [5.41, 5.74) is 3.25. The zero-order valence-electron chi connectivity index (χ0n) is 21.1. The lowest BCUT2D eigenvalue weighted by molar-refractivity contribution is 0.0574. The van der Waals surface area contributed by atoms with Gasteiger partial charge in [0.2, 0.25) is 10.0 Å². The molecule has 0 unspecified atom stereocenters. The van der Waals surface area contributed by atoms with E-state index in [1.54, 1.807) is 44.8 Å². The smallest absolute Gasteiger partial charge is 0.273 e. The van der Waals surface area contributed by atoms with Gasteiger partial charge >= 0.3 is 0 Å². The molecule has 0 spiro atoms. The Bertz CT molecular complexity index is 1550. The van der Waals surface area contributed by atoms with Crippen LogP contribution in [0.4, 0.5) is 0 Å². The number of aromatic nitrogens is 2. The molecule has 200 valence electrons. The number of carbonyl (C=O) groups is 2. The number of sulfonamides is 1. The van der Waals surface area contributed by atoms with Crippen LogP contribution in [0.3, 0.4) is 0 Å². The van der Waals surface area contributed by atoms with Crippen LogP contribution in [0.2, 0.25) is 10.0 Å². The van der Waals surface area contributed by atoms with E-state index >= 15 is 0 Å². The van der Waals surface area contributed by atoms with Gasteiger partial charge in [-0.25, -0.2) is 13.6 Å². The molecule has 2 N–H and O–H groups in total. The average molecular weight is 577 g/mol. The van der Waals surface area contributed by atoms with Crippen LogP contribution in [0.5, 0.6) is 0 Å². The van der Waals surface area contributed by atoms with Gasteiger partial charge in [-0.1, -0.05) is 35.3 Å². The highest BCUT2D eigenvalue weighted by Gasteiger charge is 2.40. The molecule has 0 saturated carbocycles. The van der Waals surface area contributed by atoms with Gasteiger partial charge in [0, 0.05) is 30.1 Å². The molecular formula is C26H27Cl2N5O4S. The van der Waals surface area contributed by atoms with Crippen molar-refractivity contribution in [2.75, 3.05) is 6.54 Å². The first-order valence-corrected chi connectivity index (χ1v) is 14.5. The zero-order chi connectivity index (χ0) is 27.5. The molecule has 2 aromatic carbocycles. The van der Waals surface area contributed by atoms with Crippen LogP contribution in [0.1, 0.15) is 70.5 Å². The van der Waals surface area contributed by atoms with Crippen molar-refractivity contribution in [2.45, 2.75) is 56.8 Å². The van der Waals surface area contributed by atoms with Crippen LogP contribution in [0.15, 0.2) is 47.4 Å². The van der Waals surface area contributed by atoms with Crippen LogP contribution >= 0.6 is 23.2 Å². The highest BCUT2D eigenvalue weighted by molar-refractivity contribution is 7.89. The second kappa shape index (κ2) is 9.68. The lowest BCUT2D eigenvalue weighted by Crippen LogP contribution is -2.45. The maximum Gasteiger partial charge on any atom is 0.273 e. The number of amides is 2. The van der Waals surface area contributed by atoms with Gasteiger partial charge in [-0.05, 0) is 56.7 Å². The summed E-state index contributed by atoms with van der Waals surface area (Å²) in [5.74, 6) is -0.380. The molecular weight excluding hydrogens is 549 g/mol. The molecule has 9 nitrogen and oxygen atoms in total.